The molecule has 0 atom stereocenters. The number of nitrogens with one attached hydrogen (secondary N) is 1. The van der Waals surface area contributed by atoms with Gasteiger partial charge in [0.2, 0.25) is 5.11 Å². The summed E-state index contributed by atoms with van der Waals surface area (Å²) in [7, 11) is 0. The Bertz CT molecular complexity index is 1070. The number of thiocarbonyl (C=S) groups is 1. The minimum absolute atomic E-state index is 0.0000704. The molecule has 5 nitrogen and oxygen atoms in total. The van der Waals surface area contributed by atoms with Crippen molar-refractivity contribution in [3.63, 3.8) is 0 Å². The van der Waals surface area contributed by atoms with Crippen molar-refractivity contribution in [2.75, 3.05) is 0 Å². The molecule has 0 bridgehead atoms. The summed E-state index contributed by atoms with van der Waals surface area (Å²) in [6.07, 6.45) is 0. The van der Waals surface area contributed by atoms with Gasteiger partial charge in [-0.15, -0.1) is 10.2 Å². The first-order chi connectivity index (χ1) is 11.1. The normalized spacial score (nSPS) is 11.9. The van der Waals surface area contributed by atoms with Gasteiger partial charge in [-0.2, -0.15) is 0 Å². The highest BCUT2D eigenvalue weighted by molar-refractivity contribution is 9.10. The molecule has 0 aromatic heterocycles. The van der Waals surface area contributed by atoms with Crippen LogP contribution >= 0.6 is 28.1 Å². The van der Waals surface area contributed by atoms with Crippen LogP contribution in [0.5, 0.6) is 0 Å². The summed E-state index contributed by atoms with van der Waals surface area (Å²) in [6.45, 7) is 0. The Hall–Kier alpha value is -2.38. The van der Waals surface area contributed by atoms with Crippen molar-refractivity contribution in [1.29, 1.82) is 0 Å². The minimum atomic E-state index is -0.0000704. The third-order valence-electron chi connectivity index (χ3n) is 3.61. The zero-order valence-electron chi connectivity index (χ0n) is 11.7. The lowest BCUT2D eigenvalue weighted by Gasteiger charge is -2.05. The standard InChI is InChI=1S/C16H10BrN5S/c17-8-5-6-11-12(7-8)20-15-13(19-11)9-3-1-2-4-10(9)14(15)21-22-16(18)23/h1-7,20H,(H2,18,23). The Labute approximate surface area is 145 Å². The number of fused-ring (bicyclic) bond motifs is 4. The summed E-state index contributed by atoms with van der Waals surface area (Å²) in [5, 5.41) is 10.0. The van der Waals surface area contributed by atoms with E-state index in [-0.39, 0.29) is 5.11 Å². The maximum absolute atomic E-state index is 5.45. The second-order valence-corrected chi connectivity index (χ2v) is 6.39. The van der Waals surface area contributed by atoms with Crippen LogP contribution in [0.1, 0.15) is 0 Å². The lowest BCUT2D eigenvalue weighted by atomic mass is 10.2. The fourth-order valence-electron chi connectivity index (χ4n) is 2.68. The van der Waals surface area contributed by atoms with E-state index in [4.69, 9.17) is 22.9 Å². The van der Waals surface area contributed by atoms with E-state index in [1.54, 1.807) is 0 Å². The van der Waals surface area contributed by atoms with Gasteiger partial charge in [0.1, 0.15) is 5.69 Å². The molecular formula is C16H10BrN5S. The number of H-pyrrole nitrogens is 1. The zero-order valence-corrected chi connectivity index (χ0v) is 14.1. The van der Waals surface area contributed by atoms with Crippen LogP contribution in [0.4, 0.5) is 5.69 Å². The SMILES string of the molecule is NC(=S)N=Nc1c2[nH]c3cc(Br)ccc3nc-2c2ccccc12. The number of aromatic nitrogens is 2. The van der Waals surface area contributed by atoms with E-state index in [1.807, 2.05) is 42.5 Å². The maximum atomic E-state index is 5.45. The van der Waals surface area contributed by atoms with Crippen molar-refractivity contribution in [2.24, 2.45) is 16.0 Å². The van der Waals surface area contributed by atoms with Crippen molar-refractivity contribution in [3.05, 3.63) is 46.9 Å². The molecule has 0 spiro atoms. The molecular weight excluding hydrogens is 374 g/mol. The first kappa shape index (κ1) is 14.2. The van der Waals surface area contributed by atoms with Crippen LogP contribution in [-0.4, -0.2) is 15.1 Å². The molecule has 0 unspecified atom stereocenters. The second-order valence-electron chi connectivity index (χ2n) is 5.05. The smallest absolute Gasteiger partial charge is 0.211 e. The highest BCUT2D eigenvalue weighted by atomic mass is 79.9. The highest BCUT2D eigenvalue weighted by Crippen LogP contribution is 2.43. The largest absolute Gasteiger partial charge is 0.373 e. The van der Waals surface area contributed by atoms with E-state index >= 15 is 0 Å². The molecule has 2 aromatic rings. The number of hydrogen-bond donors (Lipinski definition) is 2. The fourth-order valence-corrected chi connectivity index (χ4v) is 3.08. The van der Waals surface area contributed by atoms with Crippen molar-refractivity contribution in [2.45, 2.75) is 0 Å². The van der Waals surface area contributed by atoms with Gasteiger partial charge in [0.25, 0.3) is 0 Å². The van der Waals surface area contributed by atoms with E-state index < -0.39 is 0 Å². The molecule has 1 heterocycles. The number of rotatable bonds is 1. The monoisotopic (exact) mass is 383 g/mol. The summed E-state index contributed by atoms with van der Waals surface area (Å²) in [4.78, 5) is 8.18. The predicted octanol–water partition coefficient (Wildman–Crippen LogP) is 4.91. The van der Waals surface area contributed by atoms with Crippen LogP contribution in [0, 0.1) is 0 Å². The summed E-state index contributed by atoms with van der Waals surface area (Å²) in [5.74, 6) is 0. The van der Waals surface area contributed by atoms with Gasteiger partial charge < -0.3 is 10.7 Å². The van der Waals surface area contributed by atoms with E-state index in [1.165, 1.54) is 0 Å². The Balaban J connectivity index is 2.14. The molecule has 1 aliphatic heterocycles. The molecule has 0 saturated heterocycles. The molecule has 4 rings (SSSR count). The molecule has 112 valence electrons. The predicted molar refractivity (Wildman–Crippen MR) is 99.2 cm³/mol. The van der Waals surface area contributed by atoms with Crippen molar-refractivity contribution in [1.82, 2.24) is 9.97 Å². The van der Waals surface area contributed by atoms with Gasteiger partial charge in [-0.05, 0) is 30.4 Å². The number of aromatic amines is 1. The van der Waals surface area contributed by atoms with Gasteiger partial charge >= 0.3 is 0 Å². The Kier molecular flexibility index (Phi) is 3.32. The molecule has 0 saturated carbocycles. The number of azo groups is 1. The zero-order chi connectivity index (χ0) is 16.0. The minimum Gasteiger partial charge on any atom is -0.373 e. The Morgan fingerprint density at radius 3 is 2.74 bits per heavy atom. The first-order valence-corrected chi connectivity index (χ1v) is 8.04. The fraction of sp³-hybridized carbons (Fsp3) is 0. The molecule has 7 heteroatoms. The average Bonchev–Trinajstić information content (AvgIpc) is 2.84. The molecule has 2 aliphatic rings. The number of halogens is 1. The maximum Gasteiger partial charge on any atom is 0.211 e. The van der Waals surface area contributed by atoms with Crippen LogP contribution in [0.15, 0.2) is 57.2 Å². The number of nitrogens with two attached hydrogens (primary N) is 1. The molecule has 0 amide bonds. The van der Waals surface area contributed by atoms with E-state index in [2.05, 4.69) is 31.1 Å². The van der Waals surface area contributed by atoms with Gasteiger partial charge in [0.15, 0.2) is 0 Å². The summed E-state index contributed by atoms with van der Waals surface area (Å²) in [5.41, 5.74) is 9.60. The molecule has 3 N–H and O–H groups in total. The lowest BCUT2D eigenvalue weighted by Crippen LogP contribution is -2.01. The van der Waals surface area contributed by atoms with Crippen LogP contribution in [0.2, 0.25) is 0 Å². The third kappa shape index (κ3) is 2.38. The number of nitrogens with zero attached hydrogens (tertiary/aromatic N) is 3. The Morgan fingerprint density at radius 1 is 1.17 bits per heavy atom. The molecule has 23 heavy (non-hydrogen) atoms. The van der Waals surface area contributed by atoms with Gasteiger partial charge in [-0.25, -0.2) is 4.98 Å². The second kappa shape index (κ2) is 5.36. The summed E-state index contributed by atoms with van der Waals surface area (Å²) < 4.78 is 0.977. The van der Waals surface area contributed by atoms with Gasteiger partial charge in [-0.1, -0.05) is 40.2 Å². The van der Waals surface area contributed by atoms with Crippen LogP contribution in [0.3, 0.4) is 0 Å². The van der Waals surface area contributed by atoms with Crippen LogP contribution in [-0.2, 0) is 0 Å². The van der Waals surface area contributed by atoms with Crippen molar-refractivity contribution in [3.8, 4) is 11.4 Å². The van der Waals surface area contributed by atoms with Gasteiger partial charge in [0.05, 0.1) is 22.4 Å². The third-order valence-corrected chi connectivity index (χ3v) is 4.18. The van der Waals surface area contributed by atoms with Gasteiger partial charge in [0, 0.05) is 15.2 Å². The highest BCUT2D eigenvalue weighted by Gasteiger charge is 2.20. The summed E-state index contributed by atoms with van der Waals surface area (Å²) in [6, 6.07) is 13.8. The van der Waals surface area contributed by atoms with Gasteiger partial charge in [-0.3, -0.25) is 0 Å². The van der Waals surface area contributed by atoms with E-state index in [0.29, 0.717) is 5.69 Å². The topological polar surface area (TPSA) is 79.4 Å². The number of benzene rings is 2. The molecule has 0 fully saturated rings. The molecule has 0 radical (unpaired) electrons. The average molecular weight is 384 g/mol. The van der Waals surface area contributed by atoms with Crippen molar-refractivity contribution >= 4 is 60.8 Å². The number of hydrogen-bond acceptors (Lipinski definition) is 3. The Morgan fingerprint density at radius 2 is 1.96 bits per heavy atom. The van der Waals surface area contributed by atoms with Crippen LogP contribution in [0.25, 0.3) is 33.2 Å². The molecule has 1 aliphatic carbocycles. The summed E-state index contributed by atoms with van der Waals surface area (Å²) >= 11 is 8.27. The van der Waals surface area contributed by atoms with E-state index in [0.717, 1.165) is 37.7 Å². The van der Waals surface area contributed by atoms with Crippen LogP contribution < -0.4 is 5.73 Å². The quantitative estimate of drug-likeness (QED) is 0.362. The van der Waals surface area contributed by atoms with Crippen molar-refractivity contribution < 1.29 is 0 Å². The molecule has 2 aromatic carbocycles. The first-order valence-electron chi connectivity index (χ1n) is 6.84. The lowest BCUT2D eigenvalue weighted by molar-refractivity contribution is 1.25. The van der Waals surface area contributed by atoms with E-state index in [9.17, 15) is 0 Å².